The van der Waals surface area contributed by atoms with Crippen molar-refractivity contribution in [1.82, 2.24) is 5.32 Å². The number of carbonyl (C=O) groups is 1. The second kappa shape index (κ2) is 34.6. The summed E-state index contributed by atoms with van der Waals surface area (Å²) in [6, 6.07) is -0.828. The lowest BCUT2D eigenvalue weighted by Gasteiger charge is -2.40. The van der Waals surface area contributed by atoms with Crippen LogP contribution in [0.15, 0.2) is 48.6 Å². The van der Waals surface area contributed by atoms with Crippen molar-refractivity contribution in [2.45, 2.75) is 211 Å². The van der Waals surface area contributed by atoms with E-state index in [0.29, 0.717) is 6.42 Å². The van der Waals surface area contributed by atoms with Crippen LogP contribution in [-0.2, 0) is 14.3 Å². The van der Waals surface area contributed by atoms with E-state index in [2.05, 4.69) is 55.6 Å². The largest absolute Gasteiger partial charge is 0.394 e. The SMILES string of the molecule is CC/C=C/CC/C=C/CC/C=C/C(O)C(COC1OC(CO)C(O)C(O)C1O)NC(=O)CCCCCCCCC/C=C\CCCCCCCCCCC. The average molecular weight is 750 g/mol. The van der Waals surface area contributed by atoms with Gasteiger partial charge in [0.1, 0.15) is 24.4 Å². The van der Waals surface area contributed by atoms with Crippen molar-refractivity contribution < 1.29 is 39.8 Å². The third-order valence-electron chi connectivity index (χ3n) is 9.87. The van der Waals surface area contributed by atoms with Gasteiger partial charge in [0.15, 0.2) is 6.29 Å². The van der Waals surface area contributed by atoms with Crippen LogP contribution in [0.3, 0.4) is 0 Å². The van der Waals surface area contributed by atoms with Gasteiger partial charge in [-0.3, -0.25) is 4.79 Å². The summed E-state index contributed by atoms with van der Waals surface area (Å²) in [6.07, 6.45) is 36.0. The smallest absolute Gasteiger partial charge is 0.220 e. The minimum atomic E-state index is -1.57. The number of allylic oxidation sites excluding steroid dienone is 7. The Balaban J connectivity index is 2.35. The highest BCUT2D eigenvalue weighted by Gasteiger charge is 2.44. The molecule has 0 aliphatic carbocycles. The van der Waals surface area contributed by atoms with Gasteiger partial charge in [-0.15, -0.1) is 0 Å². The summed E-state index contributed by atoms with van der Waals surface area (Å²) in [6.45, 7) is 3.61. The van der Waals surface area contributed by atoms with Gasteiger partial charge in [0.2, 0.25) is 5.91 Å². The quantitative estimate of drug-likeness (QED) is 0.0285. The standard InChI is InChI=1S/C44H79NO8/c1-3-5-7-9-11-13-15-16-17-18-19-20-21-22-23-24-26-28-30-32-34-40(48)45-37(36-52-44-43(51)42(50)41(49)39(35-46)53-44)38(47)33-31-29-27-25-14-12-10-8-6-4-2/h6,8,14,19-20,25,31,33,37-39,41-44,46-47,49-51H,3-5,7,9-13,15-18,21-24,26-30,32,34-36H2,1-2H3,(H,45,48)/b8-6+,20-19-,25-14+,33-31+. The summed E-state index contributed by atoms with van der Waals surface area (Å²) in [5.41, 5.74) is 0. The Morgan fingerprint density at radius 1 is 0.642 bits per heavy atom. The summed E-state index contributed by atoms with van der Waals surface area (Å²) in [4.78, 5) is 12.9. The number of aliphatic hydroxyl groups is 5. The maximum absolute atomic E-state index is 12.9. The molecule has 1 heterocycles. The van der Waals surface area contributed by atoms with Gasteiger partial charge in [-0.2, -0.15) is 0 Å². The van der Waals surface area contributed by atoms with Crippen LogP contribution in [0.4, 0.5) is 0 Å². The predicted molar refractivity (Wildman–Crippen MR) is 216 cm³/mol. The molecule has 1 rings (SSSR count). The number of aliphatic hydroxyl groups excluding tert-OH is 5. The number of hydrogen-bond acceptors (Lipinski definition) is 8. The summed E-state index contributed by atoms with van der Waals surface area (Å²) in [5.74, 6) is -0.200. The monoisotopic (exact) mass is 750 g/mol. The highest BCUT2D eigenvalue weighted by molar-refractivity contribution is 5.76. The van der Waals surface area contributed by atoms with Crippen molar-refractivity contribution in [2.75, 3.05) is 13.2 Å². The van der Waals surface area contributed by atoms with Crippen LogP contribution in [-0.4, -0.2) is 87.5 Å². The van der Waals surface area contributed by atoms with Crippen LogP contribution in [0.25, 0.3) is 0 Å². The number of unbranched alkanes of at least 4 members (excludes halogenated alkanes) is 18. The minimum Gasteiger partial charge on any atom is -0.394 e. The Labute approximate surface area is 323 Å². The van der Waals surface area contributed by atoms with E-state index in [1.807, 2.05) is 6.08 Å². The van der Waals surface area contributed by atoms with Crippen LogP contribution >= 0.6 is 0 Å². The minimum absolute atomic E-state index is 0.200. The summed E-state index contributed by atoms with van der Waals surface area (Å²) >= 11 is 0. The van der Waals surface area contributed by atoms with E-state index >= 15 is 0 Å². The number of ether oxygens (including phenoxy) is 2. The molecule has 1 fully saturated rings. The van der Waals surface area contributed by atoms with Crippen molar-refractivity contribution >= 4 is 5.91 Å². The lowest BCUT2D eigenvalue weighted by Crippen LogP contribution is -2.60. The molecule has 0 spiro atoms. The van der Waals surface area contributed by atoms with Crippen LogP contribution in [0.2, 0.25) is 0 Å². The van der Waals surface area contributed by atoms with Crippen molar-refractivity contribution in [3.8, 4) is 0 Å². The molecule has 7 atom stereocenters. The van der Waals surface area contributed by atoms with Gasteiger partial charge in [0.25, 0.3) is 0 Å². The molecule has 0 aromatic rings. The first-order valence-electron chi connectivity index (χ1n) is 21.4. The van der Waals surface area contributed by atoms with E-state index in [1.54, 1.807) is 6.08 Å². The third-order valence-corrected chi connectivity index (χ3v) is 9.87. The number of nitrogens with one attached hydrogen (secondary N) is 1. The fourth-order valence-electron chi connectivity index (χ4n) is 6.42. The van der Waals surface area contributed by atoms with Gasteiger partial charge in [-0.1, -0.05) is 146 Å². The van der Waals surface area contributed by atoms with Gasteiger partial charge in [-0.05, 0) is 64.2 Å². The maximum Gasteiger partial charge on any atom is 0.220 e. The van der Waals surface area contributed by atoms with Gasteiger partial charge in [-0.25, -0.2) is 0 Å². The van der Waals surface area contributed by atoms with Crippen molar-refractivity contribution in [3.05, 3.63) is 48.6 Å². The Morgan fingerprint density at radius 3 is 1.68 bits per heavy atom. The lowest BCUT2D eigenvalue weighted by atomic mass is 9.99. The molecule has 9 heteroatoms. The molecule has 0 radical (unpaired) electrons. The Morgan fingerprint density at radius 2 is 1.13 bits per heavy atom. The molecular formula is C44H79NO8. The molecule has 0 aromatic heterocycles. The molecule has 1 saturated heterocycles. The van der Waals surface area contributed by atoms with E-state index in [0.717, 1.165) is 64.2 Å². The maximum atomic E-state index is 12.9. The highest BCUT2D eigenvalue weighted by atomic mass is 16.7. The Bertz CT molecular complexity index is 967. The second-order valence-corrected chi connectivity index (χ2v) is 14.7. The molecule has 1 aliphatic heterocycles. The van der Waals surface area contributed by atoms with E-state index in [1.165, 1.54) is 83.5 Å². The number of carbonyl (C=O) groups excluding carboxylic acids is 1. The molecule has 53 heavy (non-hydrogen) atoms. The van der Waals surface area contributed by atoms with Crippen molar-refractivity contribution in [2.24, 2.45) is 0 Å². The van der Waals surface area contributed by atoms with Crippen molar-refractivity contribution in [1.29, 1.82) is 0 Å². The van der Waals surface area contributed by atoms with Crippen LogP contribution in [0.5, 0.6) is 0 Å². The molecule has 0 saturated carbocycles. The Hall–Kier alpha value is -1.85. The molecule has 0 aromatic carbocycles. The average Bonchev–Trinajstić information content (AvgIpc) is 3.16. The zero-order valence-corrected chi connectivity index (χ0v) is 33.5. The molecule has 1 aliphatic rings. The number of amides is 1. The zero-order valence-electron chi connectivity index (χ0n) is 33.5. The van der Waals surface area contributed by atoms with Crippen molar-refractivity contribution in [3.63, 3.8) is 0 Å². The molecule has 1 amide bonds. The summed E-state index contributed by atoms with van der Waals surface area (Å²) < 4.78 is 11.1. The topological polar surface area (TPSA) is 149 Å². The normalized spacial score (nSPS) is 22.1. The zero-order chi connectivity index (χ0) is 38.8. The van der Waals surface area contributed by atoms with Crippen LogP contribution in [0.1, 0.15) is 168 Å². The summed E-state index contributed by atoms with van der Waals surface area (Å²) in [7, 11) is 0. The van der Waals surface area contributed by atoms with Crippen LogP contribution in [0, 0.1) is 0 Å². The second-order valence-electron chi connectivity index (χ2n) is 14.7. The molecular weight excluding hydrogens is 670 g/mol. The molecule has 9 nitrogen and oxygen atoms in total. The predicted octanol–water partition coefficient (Wildman–Crippen LogP) is 8.28. The van der Waals surface area contributed by atoms with Crippen LogP contribution < -0.4 is 5.32 Å². The molecule has 6 N–H and O–H groups in total. The highest BCUT2D eigenvalue weighted by Crippen LogP contribution is 2.22. The molecule has 0 bridgehead atoms. The first-order valence-corrected chi connectivity index (χ1v) is 21.4. The molecule has 308 valence electrons. The number of hydrogen-bond donors (Lipinski definition) is 6. The van der Waals surface area contributed by atoms with E-state index < -0.39 is 49.5 Å². The number of rotatable bonds is 34. The third kappa shape index (κ3) is 25.8. The fraction of sp³-hybridized carbons (Fsp3) is 0.795. The first kappa shape index (κ1) is 49.2. The van der Waals surface area contributed by atoms with E-state index in [-0.39, 0.29) is 12.5 Å². The van der Waals surface area contributed by atoms with Gasteiger partial charge in [0, 0.05) is 6.42 Å². The van der Waals surface area contributed by atoms with Gasteiger partial charge >= 0.3 is 0 Å². The summed E-state index contributed by atoms with van der Waals surface area (Å²) in [5, 5.41) is 53.9. The van der Waals surface area contributed by atoms with E-state index in [4.69, 9.17) is 9.47 Å². The van der Waals surface area contributed by atoms with Gasteiger partial charge in [0.05, 0.1) is 25.4 Å². The van der Waals surface area contributed by atoms with E-state index in [9.17, 15) is 30.3 Å². The Kier molecular flexibility index (Phi) is 32.1. The molecule has 7 unspecified atom stereocenters. The van der Waals surface area contributed by atoms with Gasteiger partial charge < -0.3 is 40.3 Å². The lowest BCUT2D eigenvalue weighted by molar-refractivity contribution is -0.302. The fourth-order valence-corrected chi connectivity index (χ4v) is 6.42. The first-order chi connectivity index (χ1) is 25.8.